The maximum Gasteiger partial charge on any atom is 0.505 e. The molecule has 0 unspecified atom stereocenters. The Hall–Kier alpha value is -0.753. The number of hydrogen-bond acceptors (Lipinski definition) is 3. The number of rotatable bonds is 12. The molecule has 0 aliphatic rings. The van der Waals surface area contributed by atoms with Crippen LogP contribution in [0.3, 0.4) is 0 Å². The predicted octanol–water partition coefficient (Wildman–Crippen LogP) is 3.94. The summed E-state index contributed by atoms with van der Waals surface area (Å²) < 4.78 is 30.3. The molecule has 0 saturated carbocycles. The van der Waals surface area contributed by atoms with Crippen molar-refractivity contribution in [2.75, 3.05) is 26.5 Å². The highest BCUT2D eigenvalue weighted by Gasteiger charge is 2.41. The van der Waals surface area contributed by atoms with Gasteiger partial charge in [-0.25, -0.2) is 0 Å². The first kappa shape index (κ1) is 18.3. The average molecular weight is 314 g/mol. The van der Waals surface area contributed by atoms with Gasteiger partial charge in [0, 0.05) is 25.9 Å². The number of hydrogen-bond donors (Lipinski definition) is 0. The summed E-state index contributed by atoms with van der Waals surface area (Å²) in [6, 6.07) is 10.7. The summed E-state index contributed by atoms with van der Waals surface area (Å²) in [6.07, 6.45) is 2.20. The smallest absolute Gasteiger partial charge is 0.373 e. The Labute approximate surface area is 128 Å². The van der Waals surface area contributed by atoms with E-state index in [1.807, 2.05) is 30.3 Å². The lowest BCUT2D eigenvalue weighted by atomic mass is 10.2. The zero-order valence-corrected chi connectivity index (χ0v) is 14.1. The molecule has 0 aliphatic heterocycles. The highest BCUT2D eigenvalue weighted by Crippen LogP contribution is 2.18. The molecule has 5 heteroatoms. The first-order chi connectivity index (χ1) is 10.3. The van der Waals surface area contributed by atoms with Crippen molar-refractivity contribution >= 4 is 8.80 Å². The Morgan fingerprint density at radius 1 is 0.905 bits per heavy atom. The van der Waals surface area contributed by atoms with Gasteiger partial charge in [0.05, 0.1) is 6.67 Å². The second-order valence-electron chi connectivity index (χ2n) is 4.93. The summed E-state index contributed by atoms with van der Waals surface area (Å²) in [4.78, 5) is 0. The Morgan fingerprint density at radius 2 is 1.48 bits per heavy atom. The molecule has 0 amide bonds. The van der Waals surface area contributed by atoms with Crippen LogP contribution in [0.25, 0.3) is 0 Å². The molecule has 0 heterocycles. The summed E-state index contributed by atoms with van der Waals surface area (Å²) >= 11 is 0. The lowest BCUT2D eigenvalue weighted by Crippen LogP contribution is -2.49. The van der Waals surface area contributed by atoms with E-state index >= 15 is 0 Å². The first-order valence-electron chi connectivity index (χ1n) is 7.78. The van der Waals surface area contributed by atoms with Crippen LogP contribution in [0.2, 0.25) is 0 Å². The summed E-state index contributed by atoms with van der Waals surface area (Å²) in [5, 5.41) is 0. The fourth-order valence-electron chi connectivity index (χ4n) is 1.92. The Bertz CT molecular complexity index is 354. The summed E-state index contributed by atoms with van der Waals surface area (Å²) in [5.41, 5.74) is 1.14. The summed E-state index contributed by atoms with van der Waals surface area (Å²) in [6.45, 7) is 5.31. The molecule has 0 saturated heterocycles. The highest BCUT2D eigenvalue weighted by atomic mass is 28.4. The van der Waals surface area contributed by atoms with Gasteiger partial charge in [-0.1, -0.05) is 44.2 Å². The SMILES string of the molecule is CCCO[Si](Cc1ccccc1)(OCCC)OCCCF. The van der Waals surface area contributed by atoms with Crippen molar-refractivity contribution in [3.05, 3.63) is 35.9 Å². The van der Waals surface area contributed by atoms with Gasteiger partial charge in [-0.05, 0) is 24.8 Å². The monoisotopic (exact) mass is 314 g/mol. The Balaban J connectivity index is 2.79. The minimum Gasteiger partial charge on any atom is -0.373 e. The molecule has 0 bridgehead atoms. The average Bonchev–Trinajstić information content (AvgIpc) is 2.52. The molecule has 0 aliphatic carbocycles. The van der Waals surface area contributed by atoms with Crippen LogP contribution < -0.4 is 0 Å². The second kappa shape index (κ2) is 10.9. The Morgan fingerprint density at radius 3 is 2.00 bits per heavy atom. The van der Waals surface area contributed by atoms with Crippen LogP contribution in [-0.2, 0) is 19.3 Å². The van der Waals surface area contributed by atoms with E-state index in [0.29, 0.717) is 32.3 Å². The van der Waals surface area contributed by atoms with Crippen molar-refractivity contribution in [3.63, 3.8) is 0 Å². The molecule has 21 heavy (non-hydrogen) atoms. The molecule has 3 nitrogen and oxygen atoms in total. The van der Waals surface area contributed by atoms with Crippen LogP contribution in [0.4, 0.5) is 4.39 Å². The lowest BCUT2D eigenvalue weighted by Gasteiger charge is -2.29. The van der Waals surface area contributed by atoms with E-state index in [1.165, 1.54) is 0 Å². The third kappa shape index (κ3) is 7.18. The molecule has 120 valence electrons. The molecule has 1 rings (SSSR count). The second-order valence-corrected chi connectivity index (χ2v) is 7.52. The molecule has 0 N–H and O–H groups in total. The third-order valence-electron chi connectivity index (χ3n) is 2.92. The highest BCUT2D eigenvalue weighted by molar-refractivity contribution is 6.60. The van der Waals surface area contributed by atoms with Gasteiger partial charge in [0.1, 0.15) is 0 Å². The lowest BCUT2D eigenvalue weighted by molar-refractivity contribution is 0.0562. The molecule has 0 aromatic heterocycles. The van der Waals surface area contributed by atoms with Crippen molar-refractivity contribution in [2.45, 2.75) is 39.2 Å². The molecule has 0 fully saturated rings. The summed E-state index contributed by atoms with van der Waals surface area (Å²) in [7, 11) is -2.78. The zero-order chi connectivity index (χ0) is 15.4. The molecule has 0 radical (unpaired) electrons. The van der Waals surface area contributed by atoms with E-state index in [2.05, 4.69) is 13.8 Å². The van der Waals surface area contributed by atoms with Gasteiger partial charge in [0.15, 0.2) is 0 Å². The quantitative estimate of drug-likeness (QED) is 0.432. The van der Waals surface area contributed by atoms with Crippen molar-refractivity contribution in [2.24, 2.45) is 0 Å². The molecule has 1 aromatic carbocycles. The van der Waals surface area contributed by atoms with Gasteiger partial charge in [0.2, 0.25) is 0 Å². The van der Waals surface area contributed by atoms with Gasteiger partial charge >= 0.3 is 8.80 Å². The molecule has 0 atom stereocenters. The maximum atomic E-state index is 12.4. The molecular formula is C16H27FO3Si. The first-order valence-corrected chi connectivity index (χ1v) is 9.71. The standard InChI is InChI=1S/C16H27FO3Si/c1-3-12-18-21(19-13-4-2,20-14-8-11-17)15-16-9-6-5-7-10-16/h5-7,9-10H,3-4,8,11-15H2,1-2H3. The zero-order valence-electron chi connectivity index (χ0n) is 13.1. The third-order valence-corrected chi connectivity index (χ3v) is 5.69. The van der Waals surface area contributed by atoms with Crippen LogP contribution in [0, 0.1) is 0 Å². The fraction of sp³-hybridized carbons (Fsp3) is 0.625. The maximum absolute atomic E-state index is 12.4. The topological polar surface area (TPSA) is 27.7 Å². The van der Waals surface area contributed by atoms with E-state index in [-0.39, 0.29) is 6.67 Å². The van der Waals surface area contributed by atoms with Crippen LogP contribution in [0.5, 0.6) is 0 Å². The predicted molar refractivity (Wildman–Crippen MR) is 84.9 cm³/mol. The van der Waals surface area contributed by atoms with Gasteiger partial charge in [-0.3, -0.25) is 4.39 Å². The van der Waals surface area contributed by atoms with E-state index in [4.69, 9.17) is 13.3 Å². The minimum atomic E-state index is -2.78. The van der Waals surface area contributed by atoms with E-state index < -0.39 is 8.80 Å². The van der Waals surface area contributed by atoms with E-state index in [0.717, 1.165) is 18.4 Å². The van der Waals surface area contributed by atoms with Gasteiger partial charge in [0.25, 0.3) is 0 Å². The fourth-order valence-corrected chi connectivity index (χ4v) is 4.70. The van der Waals surface area contributed by atoms with E-state index in [9.17, 15) is 4.39 Å². The van der Waals surface area contributed by atoms with Gasteiger partial charge < -0.3 is 13.3 Å². The Kier molecular flexibility index (Phi) is 9.50. The normalized spacial score (nSPS) is 11.8. The summed E-state index contributed by atoms with van der Waals surface area (Å²) in [5.74, 6) is 0. The van der Waals surface area contributed by atoms with Crippen LogP contribution >= 0.6 is 0 Å². The van der Waals surface area contributed by atoms with Gasteiger partial charge in [-0.2, -0.15) is 0 Å². The van der Waals surface area contributed by atoms with Crippen LogP contribution in [0.1, 0.15) is 38.7 Å². The van der Waals surface area contributed by atoms with Crippen LogP contribution in [-0.4, -0.2) is 35.3 Å². The largest absolute Gasteiger partial charge is 0.505 e. The van der Waals surface area contributed by atoms with Crippen molar-refractivity contribution < 1.29 is 17.7 Å². The molecule has 0 spiro atoms. The van der Waals surface area contributed by atoms with Crippen molar-refractivity contribution in [1.29, 1.82) is 0 Å². The molecule has 1 aromatic rings. The van der Waals surface area contributed by atoms with Gasteiger partial charge in [-0.15, -0.1) is 0 Å². The van der Waals surface area contributed by atoms with E-state index in [1.54, 1.807) is 0 Å². The molecular weight excluding hydrogens is 287 g/mol. The number of halogens is 1. The van der Waals surface area contributed by atoms with Crippen molar-refractivity contribution in [3.8, 4) is 0 Å². The number of benzene rings is 1. The number of alkyl halides is 1. The van der Waals surface area contributed by atoms with Crippen molar-refractivity contribution in [1.82, 2.24) is 0 Å². The van der Waals surface area contributed by atoms with Crippen LogP contribution in [0.15, 0.2) is 30.3 Å². The minimum absolute atomic E-state index is 0.350.